The van der Waals surface area contributed by atoms with Gasteiger partial charge in [-0.05, 0) is 30.9 Å². The average Bonchev–Trinajstić information content (AvgIpc) is 2.81. The monoisotopic (exact) mass is 328 g/mol. The van der Waals surface area contributed by atoms with Crippen LogP contribution < -0.4 is 5.32 Å². The molecule has 4 nitrogen and oxygen atoms in total. The molecule has 1 amide bonds. The molecule has 112 valence electrons. The second kappa shape index (κ2) is 6.87. The van der Waals surface area contributed by atoms with Crippen molar-refractivity contribution in [2.24, 2.45) is 0 Å². The van der Waals surface area contributed by atoms with E-state index in [9.17, 15) is 9.18 Å². The van der Waals surface area contributed by atoms with Gasteiger partial charge in [-0.2, -0.15) is 4.37 Å². The topological polar surface area (TPSA) is 51.2 Å². The quantitative estimate of drug-likeness (QED) is 0.895. The Balaban J connectivity index is 1.99. The van der Waals surface area contributed by atoms with Gasteiger partial charge in [0.2, 0.25) is 0 Å². The van der Waals surface area contributed by atoms with Gasteiger partial charge >= 0.3 is 6.09 Å². The molecule has 0 unspecified atom stereocenters. The second-order valence-corrected chi connectivity index (χ2v) is 5.57. The molecule has 1 aromatic heterocycles. The van der Waals surface area contributed by atoms with Crippen LogP contribution in [-0.4, -0.2) is 10.5 Å². The van der Waals surface area contributed by atoms with E-state index in [1.54, 1.807) is 6.07 Å². The summed E-state index contributed by atoms with van der Waals surface area (Å²) in [5, 5.41) is 2.63. The van der Waals surface area contributed by atoms with E-state index in [-0.39, 0.29) is 11.6 Å². The number of nitrogens with zero attached hydrogens (tertiary/aromatic N) is 1. The summed E-state index contributed by atoms with van der Waals surface area (Å²) in [4.78, 5) is 12.8. The van der Waals surface area contributed by atoms with Crippen LogP contribution in [0.15, 0.2) is 18.2 Å². The van der Waals surface area contributed by atoms with Gasteiger partial charge in [-0.3, -0.25) is 5.32 Å². The normalized spacial score (nSPS) is 10.5. The van der Waals surface area contributed by atoms with Gasteiger partial charge in [-0.15, -0.1) is 0 Å². The van der Waals surface area contributed by atoms with Crippen LogP contribution in [0.3, 0.4) is 0 Å². The lowest BCUT2D eigenvalue weighted by molar-refractivity contribution is 0.155. The van der Waals surface area contributed by atoms with Crippen LogP contribution >= 0.6 is 23.1 Å². The minimum atomic E-state index is -0.617. The van der Waals surface area contributed by atoms with E-state index in [2.05, 4.69) is 9.69 Å². The molecule has 21 heavy (non-hydrogen) atoms. The van der Waals surface area contributed by atoms with E-state index in [0.717, 1.165) is 17.0 Å². The first-order chi connectivity index (χ1) is 10.0. The fourth-order valence-corrected chi connectivity index (χ4v) is 2.70. The number of hydrogen-bond donors (Lipinski definition) is 1. The second-order valence-electron chi connectivity index (χ2n) is 4.33. The number of carbonyl (C=O) groups is 1. The number of benzene rings is 1. The zero-order valence-electron chi connectivity index (χ0n) is 11.6. The molecule has 0 aliphatic heterocycles. The summed E-state index contributed by atoms with van der Waals surface area (Å²) in [6, 6.07) is 4.37. The van der Waals surface area contributed by atoms with Crippen molar-refractivity contribution in [3.63, 3.8) is 0 Å². The van der Waals surface area contributed by atoms with Crippen molar-refractivity contribution in [1.29, 1.82) is 0 Å². The number of rotatable bonds is 4. The standard InChI is InChI=1S/C14H14ClFN2O2S/c1-3-11-13(8(2)18-21-11)17-14(19)20-7-9-5-4-6-10(16)12(9)15/h4-6H,3,7H2,1-2H3,(H,17,19). The summed E-state index contributed by atoms with van der Waals surface area (Å²) in [6.45, 7) is 3.70. The number of aromatic nitrogens is 1. The summed E-state index contributed by atoms with van der Waals surface area (Å²) in [6.07, 6.45) is 0.157. The van der Waals surface area contributed by atoms with E-state index in [1.807, 2.05) is 13.8 Å². The fraction of sp³-hybridized carbons (Fsp3) is 0.286. The van der Waals surface area contributed by atoms with Crippen molar-refractivity contribution in [2.45, 2.75) is 26.9 Å². The van der Waals surface area contributed by atoms with Crippen LogP contribution in [0, 0.1) is 12.7 Å². The minimum absolute atomic E-state index is 0.0343. The molecule has 1 N–H and O–H groups in total. The Bertz CT molecular complexity index is 660. The molecule has 1 aromatic carbocycles. The molecule has 0 atom stereocenters. The molecular weight excluding hydrogens is 315 g/mol. The molecule has 0 spiro atoms. The number of hydrogen-bond acceptors (Lipinski definition) is 4. The lowest BCUT2D eigenvalue weighted by atomic mass is 10.2. The molecule has 0 fully saturated rings. The van der Waals surface area contributed by atoms with Crippen molar-refractivity contribution >= 4 is 34.9 Å². The zero-order valence-corrected chi connectivity index (χ0v) is 13.1. The third-order valence-corrected chi connectivity index (χ3v) is 4.37. The zero-order chi connectivity index (χ0) is 15.4. The van der Waals surface area contributed by atoms with Crippen LogP contribution in [0.2, 0.25) is 5.02 Å². The minimum Gasteiger partial charge on any atom is -0.444 e. The lowest BCUT2D eigenvalue weighted by Crippen LogP contribution is -2.15. The Hall–Kier alpha value is -1.66. The summed E-state index contributed by atoms with van der Waals surface area (Å²) in [7, 11) is 0. The number of carbonyl (C=O) groups excluding carboxylic acids is 1. The highest BCUT2D eigenvalue weighted by molar-refractivity contribution is 7.06. The number of nitrogens with one attached hydrogen (secondary N) is 1. The van der Waals surface area contributed by atoms with Gasteiger partial charge in [0, 0.05) is 10.4 Å². The Morgan fingerprint density at radius 2 is 2.29 bits per heavy atom. The van der Waals surface area contributed by atoms with Crippen LogP contribution in [0.1, 0.15) is 23.1 Å². The van der Waals surface area contributed by atoms with Crippen molar-refractivity contribution < 1.29 is 13.9 Å². The van der Waals surface area contributed by atoms with Gasteiger partial charge in [-0.1, -0.05) is 30.7 Å². The molecule has 2 aromatic rings. The molecule has 1 heterocycles. The van der Waals surface area contributed by atoms with Gasteiger partial charge in [-0.25, -0.2) is 9.18 Å². The van der Waals surface area contributed by atoms with E-state index in [0.29, 0.717) is 11.3 Å². The number of anilines is 1. The lowest BCUT2D eigenvalue weighted by Gasteiger charge is -2.09. The Morgan fingerprint density at radius 3 is 3.00 bits per heavy atom. The molecule has 0 saturated heterocycles. The Kier molecular flexibility index (Phi) is 5.14. The molecular formula is C14H14ClFN2O2S. The number of amides is 1. The number of aryl methyl sites for hydroxylation is 2. The summed E-state index contributed by atoms with van der Waals surface area (Å²) in [5.74, 6) is -0.538. The van der Waals surface area contributed by atoms with Crippen LogP contribution in [0.5, 0.6) is 0 Å². The van der Waals surface area contributed by atoms with Crippen molar-refractivity contribution in [1.82, 2.24) is 4.37 Å². The number of halogens is 2. The predicted octanol–water partition coefficient (Wildman–Crippen LogP) is 4.56. The van der Waals surface area contributed by atoms with Crippen LogP contribution in [-0.2, 0) is 17.8 Å². The van der Waals surface area contributed by atoms with Gasteiger partial charge in [0.1, 0.15) is 12.4 Å². The molecule has 0 aliphatic rings. The van der Waals surface area contributed by atoms with Crippen LogP contribution in [0.4, 0.5) is 14.9 Å². The van der Waals surface area contributed by atoms with E-state index in [4.69, 9.17) is 16.3 Å². The number of ether oxygens (including phenoxy) is 1. The van der Waals surface area contributed by atoms with E-state index in [1.165, 1.54) is 23.7 Å². The highest BCUT2D eigenvalue weighted by Crippen LogP contribution is 2.25. The molecule has 0 bridgehead atoms. The predicted molar refractivity (Wildman–Crippen MR) is 81.4 cm³/mol. The fourth-order valence-electron chi connectivity index (χ4n) is 1.76. The summed E-state index contributed by atoms with van der Waals surface area (Å²) in [5.41, 5.74) is 1.85. The van der Waals surface area contributed by atoms with Crippen molar-refractivity contribution in [2.75, 3.05) is 5.32 Å². The largest absolute Gasteiger partial charge is 0.444 e. The maximum absolute atomic E-state index is 13.3. The first-order valence-electron chi connectivity index (χ1n) is 6.34. The molecule has 0 aliphatic carbocycles. The molecule has 7 heteroatoms. The van der Waals surface area contributed by atoms with Crippen LogP contribution in [0.25, 0.3) is 0 Å². The summed E-state index contributed by atoms with van der Waals surface area (Å²) >= 11 is 7.14. The first kappa shape index (κ1) is 15.7. The van der Waals surface area contributed by atoms with Gasteiger partial charge in [0.15, 0.2) is 0 Å². The SMILES string of the molecule is CCc1snc(C)c1NC(=O)OCc1cccc(F)c1Cl. The Labute approximate surface area is 131 Å². The van der Waals surface area contributed by atoms with Gasteiger partial charge in [0.25, 0.3) is 0 Å². The van der Waals surface area contributed by atoms with Gasteiger partial charge < -0.3 is 4.74 Å². The highest BCUT2D eigenvalue weighted by Gasteiger charge is 2.14. The Morgan fingerprint density at radius 1 is 1.52 bits per heavy atom. The van der Waals surface area contributed by atoms with Gasteiger partial charge in [0.05, 0.1) is 16.4 Å². The maximum atomic E-state index is 13.3. The molecule has 2 rings (SSSR count). The highest BCUT2D eigenvalue weighted by atomic mass is 35.5. The molecule has 0 radical (unpaired) electrons. The summed E-state index contributed by atoms with van der Waals surface area (Å²) < 4.78 is 22.5. The maximum Gasteiger partial charge on any atom is 0.412 e. The first-order valence-corrected chi connectivity index (χ1v) is 7.49. The van der Waals surface area contributed by atoms with Crippen molar-refractivity contribution in [3.8, 4) is 0 Å². The third kappa shape index (κ3) is 3.71. The van der Waals surface area contributed by atoms with E-state index >= 15 is 0 Å². The average molecular weight is 329 g/mol. The smallest absolute Gasteiger partial charge is 0.412 e. The van der Waals surface area contributed by atoms with E-state index < -0.39 is 11.9 Å². The third-order valence-electron chi connectivity index (χ3n) is 2.87. The van der Waals surface area contributed by atoms with Crippen molar-refractivity contribution in [3.05, 3.63) is 45.2 Å². The molecule has 0 saturated carbocycles.